The Hall–Kier alpha value is -3.86. The van der Waals surface area contributed by atoms with Crippen LogP contribution in [-0.2, 0) is 32.7 Å². The highest BCUT2D eigenvalue weighted by Gasteiger charge is 2.24. The summed E-state index contributed by atoms with van der Waals surface area (Å²) in [5.41, 5.74) is 5.03. The Morgan fingerprint density at radius 2 is 1.79 bits per heavy atom. The van der Waals surface area contributed by atoms with Gasteiger partial charge in [0.05, 0.1) is 26.5 Å². The molecule has 3 heterocycles. The van der Waals surface area contributed by atoms with Gasteiger partial charge in [0.2, 0.25) is 10.7 Å². The number of aromatic nitrogens is 4. The van der Waals surface area contributed by atoms with Crippen LogP contribution < -0.4 is 25.9 Å². The average molecular weight is 912 g/mol. The summed E-state index contributed by atoms with van der Waals surface area (Å²) in [4.78, 5) is 58.6. The van der Waals surface area contributed by atoms with Crippen LogP contribution in [0, 0.1) is 18.2 Å². The van der Waals surface area contributed by atoms with Crippen molar-refractivity contribution < 1.29 is 42.8 Å². The van der Waals surface area contributed by atoms with Gasteiger partial charge in [-0.3, -0.25) is 23.6 Å². The molecule has 0 saturated heterocycles. The topological polar surface area (TPSA) is 234 Å². The Morgan fingerprint density at radius 3 is 2.35 bits per heavy atom. The van der Waals surface area contributed by atoms with Gasteiger partial charge in [-0.05, 0) is 48.8 Å². The molecular formula is C34H39Cl3FN6O10PS2. The summed E-state index contributed by atoms with van der Waals surface area (Å²) in [6.07, 6.45) is 7.02. The molecule has 4 aromatic rings. The fraction of sp³-hybridized carbons (Fsp3) is 0.412. The Morgan fingerprint density at radius 1 is 1.14 bits per heavy atom. The Kier molecular flexibility index (Phi) is 17.3. The highest BCUT2D eigenvalue weighted by atomic mass is 35.5. The average Bonchev–Trinajstić information content (AvgIpc) is 3.66. The van der Waals surface area contributed by atoms with E-state index in [0.717, 1.165) is 46.7 Å². The number of rotatable bonds is 11. The summed E-state index contributed by atoms with van der Waals surface area (Å²) in [6.45, 7) is 8.17. The van der Waals surface area contributed by atoms with Crippen molar-refractivity contribution in [3.63, 3.8) is 0 Å². The van der Waals surface area contributed by atoms with E-state index in [2.05, 4.69) is 16.0 Å². The van der Waals surface area contributed by atoms with E-state index in [1.165, 1.54) is 24.9 Å². The van der Waals surface area contributed by atoms with E-state index in [1.54, 1.807) is 9.36 Å². The Labute approximate surface area is 348 Å². The molecule has 5 N–H and O–H groups in total. The third kappa shape index (κ3) is 14.2. The quantitative estimate of drug-likeness (QED) is 0.0788. The minimum atomic E-state index is -3.10. The van der Waals surface area contributed by atoms with Gasteiger partial charge in [0, 0.05) is 42.3 Å². The predicted octanol–water partition coefficient (Wildman–Crippen LogP) is 5.84. The number of hydrogen-bond acceptors (Lipinski definition) is 12. The van der Waals surface area contributed by atoms with E-state index in [1.807, 2.05) is 20.8 Å². The number of nitrogens with two attached hydrogens (primary N) is 1. The molecule has 0 fully saturated rings. The molecule has 1 aliphatic rings. The van der Waals surface area contributed by atoms with Crippen LogP contribution in [0.4, 0.5) is 10.1 Å². The van der Waals surface area contributed by atoms with E-state index >= 15 is 0 Å². The van der Waals surface area contributed by atoms with Gasteiger partial charge in [-0.25, -0.2) is 18.9 Å². The summed E-state index contributed by atoms with van der Waals surface area (Å²) in [7, 11) is -3.10. The van der Waals surface area contributed by atoms with Crippen molar-refractivity contribution in [2.75, 3.05) is 25.2 Å². The Bertz CT molecular complexity index is 2380. The van der Waals surface area contributed by atoms with Crippen LogP contribution in [0.15, 0.2) is 48.2 Å². The molecule has 0 spiro atoms. The Balaban J connectivity index is 0.000000245. The smallest absolute Gasteiger partial charge is 0.442 e. The number of benzene rings is 2. The summed E-state index contributed by atoms with van der Waals surface area (Å²) < 4.78 is 39.7. The third-order valence-corrected chi connectivity index (χ3v) is 11.4. The molecule has 1 aliphatic heterocycles. The summed E-state index contributed by atoms with van der Waals surface area (Å²) in [6, 6.07) is 4.45. The molecule has 5 rings (SSSR count). The third-order valence-electron chi connectivity index (χ3n) is 7.36. The maximum atomic E-state index is 14.2. The monoisotopic (exact) mass is 910 g/mol. The largest absolute Gasteiger partial charge is 0.481 e. The first kappa shape index (κ1) is 47.5. The number of carboxylic acid groups (broad SMARTS) is 2. The van der Waals surface area contributed by atoms with Gasteiger partial charge in [-0.1, -0.05) is 61.5 Å². The van der Waals surface area contributed by atoms with Crippen LogP contribution >= 0.6 is 65.3 Å². The molecule has 0 amide bonds. The summed E-state index contributed by atoms with van der Waals surface area (Å²) in [5.74, 6) is -0.627. The van der Waals surface area contributed by atoms with E-state index in [0.29, 0.717) is 40.1 Å². The van der Waals surface area contributed by atoms with Gasteiger partial charge in [0.1, 0.15) is 29.9 Å². The second-order valence-corrected chi connectivity index (χ2v) is 18.9. The van der Waals surface area contributed by atoms with Crippen LogP contribution in [-0.4, -0.2) is 77.4 Å². The number of terminal acetylenes is 1. The zero-order chi connectivity index (χ0) is 42.8. The van der Waals surface area contributed by atoms with Crippen LogP contribution in [0.25, 0.3) is 5.69 Å². The maximum absolute atomic E-state index is 14.2. The maximum Gasteiger partial charge on any atom is 0.442 e. The normalized spacial score (nSPS) is 14.2. The molecule has 2 atom stereocenters. The molecule has 0 bridgehead atoms. The van der Waals surface area contributed by atoms with E-state index in [4.69, 9.17) is 71.2 Å². The lowest BCUT2D eigenvalue weighted by Crippen LogP contribution is -2.31. The summed E-state index contributed by atoms with van der Waals surface area (Å²) in [5, 5.41) is 21.9. The van der Waals surface area contributed by atoms with Crippen molar-refractivity contribution in [1.29, 1.82) is 0 Å². The molecule has 16 nitrogen and oxygen atoms in total. The number of ether oxygens (including phenoxy) is 1. The lowest BCUT2D eigenvalue weighted by Gasteiger charge is -2.15. The number of hydrogen-bond donors (Lipinski definition) is 4. The second-order valence-electron chi connectivity index (χ2n) is 13.2. The van der Waals surface area contributed by atoms with Crippen LogP contribution in [0.3, 0.4) is 0 Å². The molecule has 57 heavy (non-hydrogen) atoms. The lowest BCUT2D eigenvalue weighted by molar-refractivity contribution is -0.138. The molecule has 0 aliphatic carbocycles. The number of aliphatic carboxylic acids is 2. The summed E-state index contributed by atoms with van der Waals surface area (Å²) >= 11 is 20.1. The minimum absolute atomic E-state index is 0.0370. The lowest BCUT2D eigenvalue weighted by atomic mass is 9.97. The first-order valence-electron chi connectivity index (χ1n) is 16.7. The van der Waals surface area contributed by atoms with Crippen molar-refractivity contribution in [3.8, 4) is 23.8 Å². The van der Waals surface area contributed by atoms with E-state index in [-0.39, 0.29) is 50.6 Å². The molecule has 0 radical (unpaired) electrons. The first-order valence-corrected chi connectivity index (χ1v) is 21.9. The van der Waals surface area contributed by atoms with Crippen LogP contribution in [0.5, 0.6) is 5.75 Å². The van der Waals surface area contributed by atoms with Crippen molar-refractivity contribution in [3.05, 3.63) is 76.1 Å². The molecule has 2 aromatic carbocycles. The number of nitrogens with zero attached hydrogens (tertiary/aromatic N) is 5. The fourth-order valence-electron chi connectivity index (χ4n) is 4.52. The first-order chi connectivity index (χ1) is 26.5. The number of carboxylic acids is 2. The minimum Gasteiger partial charge on any atom is -0.481 e. The highest BCUT2D eigenvalue weighted by molar-refractivity contribution is 8.00. The molecule has 23 heteroatoms. The van der Waals surface area contributed by atoms with E-state index < -0.39 is 42.3 Å². The van der Waals surface area contributed by atoms with Crippen LogP contribution in [0.1, 0.15) is 45.9 Å². The molecule has 2 unspecified atom stereocenters. The van der Waals surface area contributed by atoms with Crippen LogP contribution in [0.2, 0.25) is 15.1 Å². The number of fused-ring (bicyclic) bond motifs is 1. The van der Waals surface area contributed by atoms with Gasteiger partial charge in [0.25, 0.3) is 0 Å². The SMILES string of the molecule is C#CCOc1cc(-n2nc(C(C)(C)C)oc2=O)c(Cl)cc1Cl.CP(=O)(O)CCC(N)C(=O)O.O=C(O)CSc1cc(N=c2sc(=O)n3n2CCCC3)c(F)cc1Cl. The number of halogens is 4. The molecule has 2 aromatic heterocycles. The van der Waals surface area contributed by atoms with Gasteiger partial charge < -0.3 is 30.0 Å². The van der Waals surface area contributed by atoms with Crippen molar-refractivity contribution in [2.45, 2.75) is 69.5 Å². The fourth-order valence-corrected chi connectivity index (χ4v) is 7.67. The second kappa shape index (κ2) is 20.7. The number of carbonyl (C=O) groups is 2. The van der Waals surface area contributed by atoms with Gasteiger partial charge in [-0.15, -0.1) is 23.3 Å². The van der Waals surface area contributed by atoms with Gasteiger partial charge >= 0.3 is 22.6 Å². The van der Waals surface area contributed by atoms with Crippen molar-refractivity contribution >= 4 is 82.9 Å². The predicted molar refractivity (Wildman–Crippen MR) is 217 cm³/mol. The van der Waals surface area contributed by atoms with Crippen molar-refractivity contribution in [1.82, 2.24) is 19.1 Å². The standard InChI is InChI=1S/C15H14Cl2N2O3.C14H13ClFN3O3S2.C5H12NO4P/c1-5-6-21-12-8-11(9(16)7-10(12)17)19-14(20)22-13(18-19)15(2,3)4;15-8-5-9(16)10(6-11(8)23-7-12(20)21)17-13-18-3-1-2-4-19(18)14(22)24-13;1-11(9,10)3-2-4(6)5(7)8/h1,7-8H,6H2,2-4H3;5-6H,1-4,7H2,(H,20,21);4H,2-3,6H2,1H3,(H,7,8)(H,9,10). The van der Waals surface area contributed by atoms with Gasteiger partial charge in [0.15, 0.2) is 7.37 Å². The number of thioether (sulfide) groups is 1. The zero-order valence-corrected chi connectivity index (χ0v) is 35.7. The zero-order valence-electron chi connectivity index (χ0n) is 30.9. The molecule has 310 valence electrons. The molecule has 0 saturated carbocycles. The molecular weight excluding hydrogens is 873 g/mol. The highest BCUT2D eigenvalue weighted by Crippen LogP contribution is 2.36. The van der Waals surface area contributed by atoms with Crippen molar-refractivity contribution in [2.24, 2.45) is 10.7 Å². The van der Waals surface area contributed by atoms with Gasteiger partial charge in [-0.2, -0.15) is 4.68 Å². The van der Waals surface area contributed by atoms with E-state index in [9.17, 15) is 28.1 Å².